The third-order valence-corrected chi connectivity index (χ3v) is 5.86. The minimum atomic E-state index is -0.168. The SMILES string of the molecule is CCc1ccc(-c2cc(C(=O)Nc3nc(C)c(C)s3)c3ccccc3n2)cc1. The second kappa shape index (κ2) is 7.52. The molecule has 140 valence electrons. The van der Waals surface area contributed by atoms with Gasteiger partial charge in [0.2, 0.25) is 0 Å². The second-order valence-electron chi connectivity index (χ2n) is 6.74. The van der Waals surface area contributed by atoms with Crippen molar-refractivity contribution in [3.63, 3.8) is 0 Å². The number of carbonyl (C=O) groups excluding carboxylic acids is 1. The fourth-order valence-electron chi connectivity index (χ4n) is 3.11. The molecule has 0 saturated carbocycles. The Morgan fingerprint density at radius 2 is 1.79 bits per heavy atom. The number of fused-ring (bicyclic) bond motifs is 1. The Balaban J connectivity index is 1.78. The molecule has 0 atom stereocenters. The lowest BCUT2D eigenvalue weighted by atomic mass is 10.0. The van der Waals surface area contributed by atoms with Crippen LogP contribution in [0.1, 0.15) is 33.4 Å². The van der Waals surface area contributed by atoms with Crippen LogP contribution in [0.25, 0.3) is 22.2 Å². The number of carbonyl (C=O) groups is 1. The molecule has 4 aromatic rings. The summed E-state index contributed by atoms with van der Waals surface area (Å²) in [6.07, 6.45) is 0.992. The number of hydrogen-bond acceptors (Lipinski definition) is 4. The zero-order chi connectivity index (χ0) is 19.7. The van der Waals surface area contributed by atoms with Gasteiger partial charge < -0.3 is 0 Å². The van der Waals surface area contributed by atoms with Crippen LogP contribution in [0.15, 0.2) is 54.6 Å². The number of para-hydroxylation sites is 1. The van der Waals surface area contributed by atoms with Gasteiger partial charge in [0.1, 0.15) is 0 Å². The van der Waals surface area contributed by atoms with E-state index in [4.69, 9.17) is 4.98 Å². The van der Waals surface area contributed by atoms with E-state index in [1.54, 1.807) is 0 Å². The molecule has 0 spiro atoms. The van der Waals surface area contributed by atoms with E-state index in [1.165, 1.54) is 16.9 Å². The van der Waals surface area contributed by atoms with Gasteiger partial charge in [-0.05, 0) is 38.0 Å². The van der Waals surface area contributed by atoms with Gasteiger partial charge >= 0.3 is 0 Å². The van der Waals surface area contributed by atoms with E-state index in [0.29, 0.717) is 10.7 Å². The zero-order valence-corrected chi connectivity index (χ0v) is 16.9. The van der Waals surface area contributed by atoms with Crippen LogP contribution in [0.3, 0.4) is 0 Å². The topological polar surface area (TPSA) is 54.9 Å². The Morgan fingerprint density at radius 1 is 1.04 bits per heavy atom. The van der Waals surface area contributed by atoms with E-state index in [2.05, 4.69) is 41.5 Å². The lowest BCUT2D eigenvalue weighted by molar-refractivity contribution is 0.102. The average molecular weight is 388 g/mol. The maximum Gasteiger partial charge on any atom is 0.258 e. The standard InChI is InChI=1S/C23H21N3OS/c1-4-16-9-11-17(12-10-16)21-13-19(18-7-5-6-8-20(18)25-21)22(27)26-23-24-14(2)15(3)28-23/h5-13H,4H2,1-3H3,(H,24,26,27). The number of nitrogens with one attached hydrogen (secondary N) is 1. The minimum Gasteiger partial charge on any atom is -0.298 e. The number of nitrogens with zero attached hydrogens (tertiary/aromatic N) is 2. The van der Waals surface area contributed by atoms with Crippen LogP contribution < -0.4 is 5.32 Å². The number of amides is 1. The summed E-state index contributed by atoms with van der Waals surface area (Å²) in [5.41, 5.74) is 5.41. The molecule has 2 aromatic carbocycles. The summed E-state index contributed by atoms with van der Waals surface area (Å²) in [6.45, 7) is 6.08. The van der Waals surface area contributed by atoms with Crippen molar-refractivity contribution in [3.05, 3.63) is 76.3 Å². The van der Waals surface area contributed by atoms with Crippen LogP contribution in [0.2, 0.25) is 0 Å². The number of anilines is 1. The fourth-order valence-corrected chi connectivity index (χ4v) is 3.92. The molecule has 4 rings (SSSR count). The first-order valence-electron chi connectivity index (χ1n) is 9.29. The van der Waals surface area contributed by atoms with Gasteiger partial charge in [0.05, 0.1) is 22.5 Å². The lowest BCUT2D eigenvalue weighted by Gasteiger charge is -2.10. The van der Waals surface area contributed by atoms with Gasteiger partial charge in [-0.25, -0.2) is 9.97 Å². The molecule has 0 fully saturated rings. The second-order valence-corrected chi connectivity index (χ2v) is 7.94. The van der Waals surface area contributed by atoms with E-state index < -0.39 is 0 Å². The fraction of sp³-hybridized carbons (Fsp3) is 0.174. The van der Waals surface area contributed by atoms with Crippen molar-refractivity contribution in [2.24, 2.45) is 0 Å². The Morgan fingerprint density at radius 3 is 2.46 bits per heavy atom. The molecule has 0 unspecified atom stereocenters. The average Bonchev–Trinajstić information content (AvgIpc) is 3.04. The molecule has 2 aromatic heterocycles. The van der Waals surface area contributed by atoms with Crippen molar-refractivity contribution >= 4 is 33.3 Å². The van der Waals surface area contributed by atoms with Crippen molar-refractivity contribution in [2.75, 3.05) is 5.32 Å². The summed E-state index contributed by atoms with van der Waals surface area (Å²) in [5, 5.41) is 4.40. The van der Waals surface area contributed by atoms with Gasteiger partial charge in [0.25, 0.3) is 5.91 Å². The normalized spacial score (nSPS) is 11.0. The van der Waals surface area contributed by atoms with Crippen molar-refractivity contribution < 1.29 is 4.79 Å². The van der Waals surface area contributed by atoms with Crippen molar-refractivity contribution in [3.8, 4) is 11.3 Å². The monoisotopic (exact) mass is 387 g/mol. The third-order valence-electron chi connectivity index (χ3n) is 4.87. The third kappa shape index (κ3) is 3.53. The lowest BCUT2D eigenvalue weighted by Crippen LogP contribution is -2.13. The molecule has 0 radical (unpaired) electrons. The highest BCUT2D eigenvalue weighted by molar-refractivity contribution is 7.15. The maximum atomic E-state index is 13.1. The number of hydrogen-bond donors (Lipinski definition) is 1. The summed E-state index contributed by atoms with van der Waals surface area (Å²) in [5.74, 6) is -0.168. The highest BCUT2D eigenvalue weighted by Crippen LogP contribution is 2.27. The predicted molar refractivity (Wildman–Crippen MR) is 116 cm³/mol. The molecule has 0 aliphatic rings. The molecular formula is C23H21N3OS. The summed E-state index contributed by atoms with van der Waals surface area (Å²) < 4.78 is 0. The molecule has 1 N–H and O–H groups in total. The van der Waals surface area contributed by atoms with Crippen LogP contribution in [-0.2, 0) is 6.42 Å². The van der Waals surface area contributed by atoms with Crippen molar-refractivity contribution in [1.82, 2.24) is 9.97 Å². The largest absolute Gasteiger partial charge is 0.298 e. The zero-order valence-electron chi connectivity index (χ0n) is 16.1. The molecule has 2 heterocycles. The van der Waals surface area contributed by atoms with Crippen molar-refractivity contribution in [2.45, 2.75) is 27.2 Å². The number of benzene rings is 2. The Kier molecular flexibility index (Phi) is 4.92. The molecule has 0 aliphatic carbocycles. The van der Waals surface area contributed by atoms with Crippen LogP contribution >= 0.6 is 11.3 Å². The van der Waals surface area contributed by atoms with Crippen LogP contribution in [0, 0.1) is 13.8 Å². The molecule has 4 nitrogen and oxygen atoms in total. The minimum absolute atomic E-state index is 0.168. The molecule has 5 heteroatoms. The number of thiazole rings is 1. The number of aryl methyl sites for hydroxylation is 3. The first-order chi connectivity index (χ1) is 13.5. The summed E-state index contributed by atoms with van der Waals surface area (Å²) >= 11 is 1.49. The first-order valence-corrected chi connectivity index (χ1v) is 10.1. The van der Waals surface area contributed by atoms with Crippen LogP contribution in [0.4, 0.5) is 5.13 Å². The van der Waals surface area contributed by atoms with E-state index in [0.717, 1.165) is 39.2 Å². The number of pyridine rings is 1. The molecule has 28 heavy (non-hydrogen) atoms. The highest BCUT2D eigenvalue weighted by Gasteiger charge is 2.16. The summed E-state index contributed by atoms with van der Waals surface area (Å²) in [4.78, 5) is 23.4. The van der Waals surface area contributed by atoms with Gasteiger partial charge in [-0.1, -0.05) is 49.4 Å². The predicted octanol–water partition coefficient (Wildman–Crippen LogP) is 5.79. The van der Waals surface area contributed by atoms with E-state index in [9.17, 15) is 4.79 Å². The summed E-state index contributed by atoms with van der Waals surface area (Å²) in [6, 6.07) is 17.9. The van der Waals surface area contributed by atoms with E-state index in [-0.39, 0.29) is 5.91 Å². The number of rotatable bonds is 4. The van der Waals surface area contributed by atoms with E-state index in [1.807, 2.05) is 44.2 Å². The van der Waals surface area contributed by atoms with Gasteiger partial charge in [0.15, 0.2) is 5.13 Å². The molecule has 0 aliphatic heterocycles. The Bertz CT molecular complexity index is 1140. The molecule has 0 saturated heterocycles. The Hall–Kier alpha value is -3.05. The Labute approximate surface area is 168 Å². The number of aromatic nitrogens is 2. The smallest absolute Gasteiger partial charge is 0.258 e. The maximum absolute atomic E-state index is 13.1. The van der Waals surface area contributed by atoms with E-state index >= 15 is 0 Å². The van der Waals surface area contributed by atoms with Crippen LogP contribution in [-0.4, -0.2) is 15.9 Å². The highest BCUT2D eigenvalue weighted by atomic mass is 32.1. The summed E-state index contributed by atoms with van der Waals surface area (Å²) in [7, 11) is 0. The van der Waals surface area contributed by atoms with Gasteiger partial charge in [-0.15, -0.1) is 11.3 Å². The van der Waals surface area contributed by atoms with Crippen molar-refractivity contribution in [1.29, 1.82) is 0 Å². The molecule has 0 bridgehead atoms. The molecule has 1 amide bonds. The van der Waals surface area contributed by atoms with Gasteiger partial charge in [-0.2, -0.15) is 0 Å². The van der Waals surface area contributed by atoms with Gasteiger partial charge in [0, 0.05) is 15.8 Å². The first kappa shape index (κ1) is 18.3. The van der Waals surface area contributed by atoms with Gasteiger partial charge in [-0.3, -0.25) is 10.1 Å². The molecular weight excluding hydrogens is 366 g/mol. The quantitative estimate of drug-likeness (QED) is 0.482. The van der Waals surface area contributed by atoms with Crippen LogP contribution in [0.5, 0.6) is 0 Å².